The van der Waals surface area contributed by atoms with Crippen LogP contribution in [0.25, 0.3) is 0 Å². The molecule has 3 aliphatic rings. The Morgan fingerprint density at radius 1 is 1.09 bits per heavy atom. The van der Waals surface area contributed by atoms with Crippen LogP contribution in [0.5, 0.6) is 5.75 Å². The van der Waals surface area contributed by atoms with Crippen molar-refractivity contribution in [2.45, 2.75) is 44.8 Å². The van der Waals surface area contributed by atoms with E-state index in [1.165, 1.54) is 18.4 Å². The van der Waals surface area contributed by atoms with Gasteiger partial charge >= 0.3 is 0 Å². The highest BCUT2D eigenvalue weighted by Crippen LogP contribution is 2.24. The lowest BCUT2D eigenvalue weighted by molar-refractivity contribution is -0.127. The number of benzene rings is 1. The van der Waals surface area contributed by atoms with Gasteiger partial charge in [-0.05, 0) is 62.4 Å². The Balaban J connectivity index is 1.15. The van der Waals surface area contributed by atoms with Gasteiger partial charge in [-0.25, -0.2) is 0 Å². The minimum atomic E-state index is -0.494. The lowest BCUT2D eigenvalue weighted by Crippen LogP contribution is -2.42. The molecule has 0 spiro atoms. The normalized spacial score (nSPS) is 22.4. The molecule has 1 aromatic rings. The average molecular weight is 446 g/mol. The van der Waals surface area contributed by atoms with Crippen LogP contribution in [0.2, 0.25) is 0 Å². The van der Waals surface area contributed by atoms with Gasteiger partial charge in [0.1, 0.15) is 18.5 Å². The second kappa shape index (κ2) is 12.0. The molecule has 1 amide bonds. The van der Waals surface area contributed by atoms with E-state index in [-0.39, 0.29) is 0 Å². The van der Waals surface area contributed by atoms with Crippen LogP contribution in [0.4, 0.5) is 0 Å². The monoisotopic (exact) mass is 445 g/mol. The lowest BCUT2D eigenvalue weighted by atomic mass is 9.93. The molecule has 178 valence electrons. The Bertz CT molecular complexity index is 717. The minimum Gasteiger partial charge on any atom is -0.491 e. The van der Waals surface area contributed by atoms with Crippen molar-refractivity contribution in [3.05, 3.63) is 29.8 Å². The van der Waals surface area contributed by atoms with Gasteiger partial charge in [-0.1, -0.05) is 12.1 Å². The number of likely N-dealkylation sites (tertiary alicyclic amines) is 2. The van der Waals surface area contributed by atoms with Crippen LogP contribution >= 0.6 is 0 Å². The first-order chi connectivity index (χ1) is 15.7. The number of carbonyl (C=O) groups excluding carboxylic acids is 1. The second-order valence-corrected chi connectivity index (χ2v) is 9.52. The number of hydrogen-bond donors (Lipinski definition) is 1. The molecule has 0 saturated carbocycles. The second-order valence-electron chi connectivity index (χ2n) is 9.52. The Kier molecular flexibility index (Phi) is 8.79. The number of carbonyl (C=O) groups is 1. The van der Waals surface area contributed by atoms with Crippen molar-refractivity contribution >= 4 is 5.91 Å². The Morgan fingerprint density at radius 2 is 1.91 bits per heavy atom. The van der Waals surface area contributed by atoms with Gasteiger partial charge in [0.05, 0.1) is 13.2 Å². The van der Waals surface area contributed by atoms with E-state index in [4.69, 9.17) is 9.47 Å². The number of hydrogen-bond acceptors (Lipinski definition) is 6. The topological polar surface area (TPSA) is 65.5 Å². The maximum Gasteiger partial charge on any atom is 0.222 e. The van der Waals surface area contributed by atoms with Crippen molar-refractivity contribution in [3.63, 3.8) is 0 Å². The molecule has 0 aromatic heterocycles. The fourth-order valence-corrected chi connectivity index (χ4v) is 5.03. The first kappa shape index (κ1) is 23.5. The molecule has 3 heterocycles. The minimum absolute atomic E-state index is 0.311. The average Bonchev–Trinajstić information content (AvgIpc) is 3.23. The summed E-state index contributed by atoms with van der Waals surface area (Å²) in [4.78, 5) is 18.6. The van der Waals surface area contributed by atoms with Crippen LogP contribution in [-0.4, -0.2) is 97.5 Å². The molecule has 7 nitrogen and oxygen atoms in total. The van der Waals surface area contributed by atoms with Crippen LogP contribution in [0.1, 0.15) is 37.7 Å². The summed E-state index contributed by atoms with van der Waals surface area (Å²) in [7, 11) is 0. The number of amides is 1. The number of aliphatic hydroxyl groups excluding tert-OH is 1. The summed E-state index contributed by atoms with van der Waals surface area (Å²) in [6.07, 6.45) is 4.86. The van der Waals surface area contributed by atoms with E-state index in [1.54, 1.807) is 0 Å². The molecule has 3 saturated heterocycles. The van der Waals surface area contributed by atoms with E-state index in [0.29, 0.717) is 19.1 Å². The summed E-state index contributed by atoms with van der Waals surface area (Å²) in [5.74, 6) is 1.91. The Hall–Kier alpha value is -1.67. The molecule has 0 bridgehead atoms. The van der Waals surface area contributed by atoms with Gasteiger partial charge < -0.3 is 19.5 Å². The smallest absolute Gasteiger partial charge is 0.222 e. The molecule has 7 heteroatoms. The highest BCUT2D eigenvalue weighted by atomic mass is 16.5. The third-order valence-electron chi connectivity index (χ3n) is 7.01. The summed E-state index contributed by atoms with van der Waals surface area (Å²) in [6, 6.07) is 8.27. The van der Waals surface area contributed by atoms with Crippen molar-refractivity contribution in [1.82, 2.24) is 14.7 Å². The Morgan fingerprint density at radius 3 is 2.66 bits per heavy atom. The maximum atomic E-state index is 11.8. The standard InChI is InChI=1S/C25H39N3O4/c29-23(19-27-13-15-31-16-14-27)20-32-24-4-1-3-22(17-24)18-26-10-6-21(7-11-26)8-12-28-9-2-5-25(28)30/h1,3-4,17,21,23,29H,2,5-16,18-20H2. The molecule has 1 atom stereocenters. The van der Waals surface area contributed by atoms with Crippen molar-refractivity contribution in [1.29, 1.82) is 0 Å². The molecule has 32 heavy (non-hydrogen) atoms. The van der Waals surface area contributed by atoms with E-state index in [9.17, 15) is 9.90 Å². The molecular weight excluding hydrogens is 406 g/mol. The summed E-state index contributed by atoms with van der Waals surface area (Å²) in [5, 5.41) is 10.3. The predicted octanol–water partition coefficient (Wildman–Crippen LogP) is 1.98. The van der Waals surface area contributed by atoms with E-state index in [1.807, 2.05) is 12.1 Å². The van der Waals surface area contributed by atoms with E-state index < -0.39 is 6.10 Å². The Labute approximate surface area is 192 Å². The highest BCUT2D eigenvalue weighted by molar-refractivity contribution is 5.77. The van der Waals surface area contributed by atoms with Crippen LogP contribution in [0.3, 0.4) is 0 Å². The quantitative estimate of drug-likeness (QED) is 0.594. The molecule has 1 unspecified atom stereocenters. The number of morpholine rings is 1. The molecular formula is C25H39N3O4. The van der Waals surface area contributed by atoms with Crippen molar-refractivity contribution < 1.29 is 19.4 Å². The van der Waals surface area contributed by atoms with Crippen molar-refractivity contribution in [3.8, 4) is 5.75 Å². The molecule has 0 radical (unpaired) electrons. The van der Waals surface area contributed by atoms with Gasteiger partial charge in [0.15, 0.2) is 0 Å². The number of aliphatic hydroxyl groups is 1. The summed E-state index contributed by atoms with van der Waals surface area (Å²) < 4.78 is 11.2. The number of nitrogens with zero attached hydrogens (tertiary/aromatic N) is 3. The third-order valence-corrected chi connectivity index (χ3v) is 7.01. The first-order valence-electron chi connectivity index (χ1n) is 12.4. The third kappa shape index (κ3) is 7.17. The van der Waals surface area contributed by atoms with Crippen molar-refractivity contribution in [2.75, 3.05) is 65.6 Å². The van der Waals surface area contributed by atoms with Crippen LogP contribution in [0, 0.1) is 5.92 Å². The maximum absolute atomic E-state index is 11.8. The van der Waals surface area contributed by atoms with Gasteiger partial charge in [-0.3, -0.25) is 14.6 Å². The van der Waals surface area contributed by atoms with Gasteiger partial charge in [0, 0.05) is 45.7 Å². The zero-order valence-electron chi connectivity index (χ0n) is 19.3. The summed E-state index contributed by atoms with van der Waals surface area (Å²) in [6.45, 7) is 9.24. The highest BCUT2D eigenvalue weighted by Gasteiger charge is 2.24. The molecule has 1 N–H and O–H groups in total. The lowest BCUT2D eigenvalue weighted by Gasteiger charge is -2.32. The van der Waals surface area contributed by atoms with E-state index in [0.717, 1.165) is 90.0 Å². The molecule has 1 aromatic carbocycles. The molecule has 4 rings (SSSR count). The fraction of sp³-hybridized carbons (Fsp3) is 0.720. The summed E-state index contributed by atoms with van der Waals surface area (Å²) in [5.41, 5.74) is 1.26. The molecule has 0 aliphatic carbocycles. The largest absolute Gasteiger partial charge is 0.491 e. The predicted molar refractivity (Wildman–Crippen MR) is 124 cm³/mol. The zero-order valence-corrected chi connectivity index (χ0v) is 19.3. The van der Waals surface area contributed by atoms with Crippen LogP contribution < -0.4 is 4.74 Å². The number of piperidine rings is 1. The molecule has 3 fully saturated rings. The number of rotatable bonds is 10. The van der Waals surface area contributed by atoms with Gasteiger partial charge in [0.2, 0.25) is 5.91 Å². The van der Waals surface area contributed by atoms with E-state index >= 15 is 0 Å². The van der Waals surface area contributed by atoms with Crippen LogP contribution in [0.15, 0.2) is 24.3 Å². The molecule has 3 aliphatic heterocycles. The number of β-amino-alcohol motifs (C(OH)–C–C–N with tert-alkyl or cyclic N) is 1. The zero-order chi connectivity index (χ0) is 22.2. The fourth-order valence-electron chi connectivity index (χ4n) is 5.03. The van der Waals surface area contributed by atoms with E-state index in [2.05, 4.69) is 26.8 Å². The number of ether oxygens (including phenoxy) is 2. The van der Waals surface area contributed by atoms with Gasteiger partial charge in [0.25, 0.3) is 0 Å². The van der Waals surface area contributed by atoms with Gasteiger partial charge in [-0.15, -0.1) is 0 Å². The van der Waals surface area contributed by atoms with Gasteiger partial charge in [-0.2, -0.15) is 0 Å². The van der Waals surface area contributed by atoms with Crippen LogP contribution in [-0.2, 0) is 16.1 Å². The first-order valence-corrected chi connectivity index (χ1v) is 12.4. The SMILES string of the molecule is O=C1CCCN1CCC1CCN(Cc2cccc(OCC(O)CN3CCOCC3)c2)CC1. The van der Waals surface area contributed by atoms with Crippen molar-refractivity contribution in [2.24, 2.45) is 5.92 Å². The summed E-state index contributed by atoms with van der Waals surface area (Å²) >= 11 is 0.